The molecule has 1 saturated heterocycles. The first-order valence-corrected chi connectivity index (χ1v) is 9.72. The second-order valence-electron chi connectivity index (χ2n) is 5.65. The Bertz CT molecular complexity index is 859. The molecule has 0 saturated carbocycles. The summed E-state index contributed by atoms with van der Waals surface area (Å²) in [6.07, 6.45) is 2.60. The van der Waals surface area contributed by atoms with E-state index in [2.05, 4.69) is 15.9 Å². The minimum absolute atomic E-state index is 0.0499. The van der Waals surface area contributed by atoms with Crippen molar-refractivity contribution in [2.75, 3.05) is 19.4 Å². The molecular formula is C19H16BrF2NO2S. The Morgan fingerprint density at radius 2 is 2.12 bits per heavy atom. The number of ether oxygens (including phenoxy) is 1. The quantitative estimate of drug-likeness (QED) is 0.626. The molecular weight excluding hydrogens is 424 g/mol. The first kappa shape index (κ1) is 18.9. The monoisotopic (exact) mass is 439 g/mol. The summed E-state index contributed by atoms with van der Waals surface area (Å²) in [5.74, 6) is 0.173. The minimum Gasteiger partial charge on any atom is -0.496 e. The van der Waals surface area contributed by atoms with Crippen LogP contribution in [0.5, 0.6) is 5.75 Å². The van der Waals surface area contributed by atoms with Gasteiger partial charge in [-0.2, -0.15) is 0 Å². The molecule has 1 unspecified atom stereocenters. The summed E-state index contributed by atoms with van der Waals surface area (Å²) in [6.45, 7) is 0.591. The molecule has 2 aromatic rings. The first-order chi connectivity index (χ1) is 12.5. The summed E-state index contributed by atoms with van der Waals surface area (Å²) >= 11 is 5.12. The van der Waals surface area contributed by atoms with E-state index in [9.17, 15) is 13.6 Å². The Morgan fingerprint density at radius 1 is 1.31 bits per heavy atom. The van der Waals surface area contributed by atoms with Crippen molar-refractivity contribution < 1.29 is 18.3 Å². The van der Waals surface area contributed by atoms with Gasteiger partial charge in [0.25, 0.3) is 0 Å². The molecule has 136 valence electrons. The number of carbonyl (C=O) groups is 1. The number of rotatable bonds is 4. The molecule has 1 aliphatic rings. The molecule has 0 N–H and O–H groups in total. The van der Waals surface area contributed by atoms with Crippen LogP contribution in [0.25, 0.3) is 6.08 Å². The van der Waals surface area contributed by atoms with Crippen molar-refractivity contribution in [3.63, 3.8) is 0 Å². The second kappa shape index (κ2) is 8.22. The Morgan fingerprint density at radius 3 is 2.85 bits per heavy atom. The van der Waals surface area contributed by atoms with Crippen LogP contribution in [0.1, 0.15) is 16.5 Å². The molecule has 7 heteroatoms. The van der Waals surface area contributed by atoms with E-state index in [0.29, 0.717) is 6.54 Å². The van der Waals surface area contributed by atoms with Gasteiger partial charge in [0, 0.05) is 23.9 Å². The fourth-order valence-corrected chi connectivity index (χ4v) is 4.52. The highest BCUT2D eigenvalue weighted by atomic mass is 79.9. The van der Waals surface area contributed by atoms with Gasteiger partial charge < -0.3 is 9.64 Å². The summed E-state index contributed by atoms with van der Waals surface area (Å²) in [6, 6.07) is 8.85. The van der Waals surface area contributed by atoms with Crippen molar-refractivity contribution in [1.29, 1.82) is 0 Å². The third kappa shape index (κ3) is 4.10. The molecule has 1 heterocycles. The average Bonchev–Trinajstić information content (AvgIpc) is 3.12. The van der Waals surface area contributed by atoms with Crippen molar-refractivity contribution >= 4 is 39.7 Å². The van der Waals surface area contributed by atoms with E-state index in [1.54, 1.807) is 23.8 Å². The maximum Gasteiger partial charge on any atom is 0.247 e. The van der Waals surface area contributed by atoms with Crippen LogP contribution in [0.2, 0.25) is 0 Å². The smallest absolute Gasteiger partial charge is 0.247 e. The predicted octanol–water partition coefficient (Wildman–Crippen LogP) is 5.02. The molecule has 3 nitrogen and oxygen atoms in total. The number of methoxy groups -OCH3 is 1. The summed E-state index contributed by atoms with van der Waals surface area (Å²) in [7, 11) is 1.59. The lowest BCUT2D eigenvalue weighted by atomic mass is 10.1. The molecule has 0 aliphatic carbocycles. The molecule has 1 aliphatic heterocycles. The van der Waals surface area contributed by atoms with E-state index in [1.165, 1.54) is 12.2 Å². The molecule has 1 amide bonds. The Balaban J connectivity index is 1.79. The van der Waals surface area contributed by atoms with Crippen LogP contribution in [0.15, 0.2) is 46.9 Å². The molecule has 1 fully saturated rings. The number of halogens is 3. The van der Waals surface area contributed by atoms with Gasteiger partial charge in [-0.15, -0.1) is 11.8 Å². The lowest BCUT2D eigenvalue weighted by Gasteiger charge is -2.23. The SMILES string of the molecule is COc1ccc(C2SCCN2C(=O)/C=C/c2cc(F)ccc2F)cc1Br. The third-order valence-corrected chi connectivity index (χ3v) is 5.88. The predicted molar refractivity (Wildman–Crippen MR) is 103 cm³/mol. The fraction of sp³-hybridized carbons (Fsp3) is 0.211. The molecule has 0 aromatic heterocycles. The first-order valence-electron chi connectivity index (χ1n) is 7.88. The number of hydrogen-bond acceptors (Lipinski definition) is 3. The van der Waals surface area contributed by atoms with Crippen LogP contribution < -0.4 is 4.74 Å². The zero-order valence-electron chi connectivity index (χ0n) is 13.9. The van der Waals surface area contributed by atoms with Crippen LogP contribution in [-0.2, 0) is 4.79 Å². The van der Waals surface area contributed by atoms with Gasteiger partial charge in [-0.25, -0.2) is 8.78 Å². The van der Waals surface area contributed by atoms with Crippen LogP contribution in [0, 0.1) is 11.6 Å². The highest BCUT2D eigenvalue weighted by Gasteiger charge is 2.29. The van der Waals surface area contributed by atoms with E-state index in [0.717, 1.165) is 39.7 Å². The normalized spacial score (nSPS) is 17.1. The number of benzene rings is 2. The second-order valence-corrected chi connectivity index (χ2v) is 7.69. The highest BCUT2D eigenvalue weighted by Crippen LogP contribution is 2.40. The molecule has 0 spiro atoms. The van der Waals surface area contributed by atoms with E-state index in [1.807, 2.05) is 18.2 Å². The number of nitrogens with zero attached hydrogens (tertiary/aromatic N) is 1. The highest BCUT2D eigenvalue weighted by molar-refractivity contribution is 9.10. The molecule has 2 aromatic carbocycles. The maximum atomic E-state index is 13.7. The summed E-state index contributed by atoms with van der Waals surface area (Å²) in [5.41, 5.74) is 1.02. The van der Waals surface area contributed by atoms with E-state index >= 15 is 0 Å². The van der Waals surface area contributed by atoms with Crippen molar-refractivity contribution in [3.8, 4) is 5.75 Å². The molecule has 26 heavy (non-hydrogen) atoms. The Labute approximate surface area is 163 Å². The van der Waals surface area contributed by atoms with Crippen molar-refractivity contribution in [3.05, 3.63) is 69.7 Å². The number of hydrogen-bond donors (Lipinski definition) is 0. The third-order valence-electron chi connectivity index (χ3n) is 4.00. The standard InChI is InChI=1S/C19H16BrF2NO2S/c1-25-17-6-2-13(11-15(17)20)19-23(8-9-26-19)18(24)7-3-12-10-14(21)4-5-16(12)22/h2-7,10-11,19H,8-9H2,1H3/b7-3+. The lowest BCUT2D eigenvalue weighted by molar-refractivity contribution is -0.126. The average molecular weight is 440 g/mol. The number of carbonyl (C=O) groups excluding carboxylic acids is 1. The maximum absolute atomic E-state index is 13.7. The van der Waals surface area contributed by atoms with Gasteiger partial charge in [-0.3, -0.25) is 4.79 Å². The van der Waals surface area contributed by atoms with Gasteiger partial charge in [0.15, 0.2) is 0 Å². The van der Waals surface area contributed by atoms with Crippen LogP contribution in [-0.4, -0.2) is 30.2 Å². The number of thioether (sulfide) groups is 1. The topological polar surface area (TPSA) is 29.5 Å². The van der Waals surface area contributed by atoms with Gasteiger partial charge in [0.05, 0.1) is 11.6 Å². The number of amides is 1. The molecule has 3 rings (SSSR count). The minimum atomic E-state index is -0.568. The molecule has 1 atom stereocenters. The van der Waals surface area contributed by atoms with E-state index in [4.69, 9.17) is 4.74 Å². The summed E-state index contributed by atoms with van der Waals surface area (Å²) < 4.78 is 33.0. The van der Waals surface area contributed by atoms with E-state index in [-0.39, 0.29) is 16.8 Å². The van der Waals surface area contributed by atoms with Gasteiger partial charge in [-0.1, -0.05) is 6.07 Å². The lowest BCUT2D eigenvalue weighted by Crippen LogP contribution is -2.28. The summed E-state index contributed by atoms with van der Waals surface area (Å²) in [4.78, 5) is 14.3. The van der Waals surface area contributed by atoms with Gasteiger partial charge in [0.2, 0.25) is 5.91 Å². The van der Waals surface area contributed by atoms with Crippen molar-refractivity contribution in [2.45, 2.75) is 5.37 Å². The van der Waals surface area contributed by atoms with Crippen LogP contribution >= 0.6 is 27.7 Å². The van der Waals surface area contributed by atoms with E-state index < -0.39 is 11.6 Å². The van der Waals surface area contributed by atoms with Crippen LogP contribution in [0.4, 0.5) is 8.78 Å². The zero-order chi connectivity index (χ0) is 18.7. The van der Waals surface area contributed by atoms with Crippen molar-refractivity contribution in [2.24, 2.45) is 0 Å². The van der Waals surface area contributed by atoms with Gasteiger partial charge in [0.1, 0.15) is 22.8 Å². The Kier molecular flexibility index (Phi) is 5.98. The van der Waals surface area contributed by atoms with Crippen LogP contribution in [0.3, 0.4) is 0 Å². The molecule has 0 bridgehead atoms. The largest absolute Gasteiger partial charge is 0.496 e. The van der Waals surface area contributed by atoms with Gasteiger partial charge >= 0.3 is 0 Å². The van der Waals surface area contributed by atoms with Gasteiger partial charge in [-0.05, 0) is 57.9 Å². The molecule has 0 radical (unpaired) electrons. The Hall–Kier alpha value is -1.86. The fourth-order valence-electron chi connectivity index (χ4n) is 2.71. The zero-order valence-corrected chi connectivity index (χ0v) is 16.3. The van der Waals surface area contributed by atoms with Crippen molar-refractivity contribution in [1.82, 2.24) is 4.90 Å². The summed E-state index contributed by atoms with van der Waals surface area (Å²) in [5, 5.41) is -0.133.